The van der Waals surface area contributed by atoms with E-state index in [0.29, 0.717) is 23.1 Å². The molecule has 2 heterocycles. The van der Waals surface area contributed by atoms with Crippen LogP contribution in [-0.4, -0.2) is 35.4 Å². The molecule has 2 aliphatic heterocycles. The Labute approximate surface area is 165 Å². The van der Waals surface area contributed by atoms with E-state index in [2.05, 4.69) is 21.2 Å². The SMILES string of the molecule is O=C(CSC1=NC2NNCC2C(=O)N1c1ccccc1)Nc1cccc(F)c1. The average molecular weight is 399 g/mol. The highest BCUT2D eigenvalue weighted by Gasteiger charge is 2.42. The van der Waals surface area contributed by atoms with Crippen molar-refractivity contribution < 1.29 is 14.0 Å². The zero-order chi connectivity index (χ0) is 19.5. The fraction of sp³-hybridized carbons (Fsp3) is 0.211. The van der Waals surface area contributed by atoms with Crippen molar-refractivity contribution in [3.05, 3.63) is 60.4 Å². The summed E-state index contributed by atoms with van der Waals surface area (Å²) in [6, 6.07) is 14.9. The van der Waals surface area contributed by atoms with Crippen molar-refractivity contribution in [1.29, 1.82) is 0 Å². The van der Waals surface area contributed by atoms with Crippen LogP contribution in [0.1, 0.15) is 0 Å². The Kier molecular flexibility index (Phi) is 5.38. The Morgan fingerprint density at radius 3 is 2.86 bits per heavy atom. The number of para-hydroxylation sites is 1. The second-order valence-corrected chi connectivity index (χ2v) is 7.29. The van der Waals surface area contributed by atoms with Crippen molar-refractivity contribution in [3.8, 4) is 0 Å². The van der Waals surface area contributed by atoms with E-state index in [0.717, 1.165) is 0 Å². The number of nitrogens with zero attached hydrogens (tertiary/aromatic N) is 2. The minimum atomic E-state index is -0.422. The number of hydrogen-bond donors (Lipinski definition) is 3. The molecule has 1 saturated heterocycles. The van der Waals surface area contributed by atoms with Gasteiger partial charge in [0.25, 0.3) is 0 Å². The molecule has 0 aromatic heterocycles. The molecule has 2 unspecified atom stereocenters. The van der Waals surface area contributed by atoms with Gasteiger partial charge in [-0.1, -0.05) is 36.0 Å². The van der Waals surface area contributed by atoms with Gasteiger partial charge >= 0.3 is 0 Å². The van der Waals surface area contributed by atoms with Crippen molar-refractivity contribution in [2.24, 2.45) is 10.9 Å². The van der Waals surface area contributed by atoms with Gasteiger partial charge in [0.1, 0.15) is 12.0 Å². The number of fused-ring (bicyclic) bond motifs is 1. The van der Waals surface area contributed by atoms with E-state index in [1.807, 2.05) is 30.3 Å². The van der Waals surface area contributed by atoms with E-state index in [9.17, 15) is 14.0 Å². The number of anilines is 2. The third-order valence-corrected chi connectivity index (χ3v) is 5.34. The summed E-state index contributed by atoms with van der Waals surface area (Å²) in [6.07, 6.45) is -0.360. The monoisotopic (exact) mass is 399 g/mol. The third-order valence-electron chi connectivity index (χ3n) is 4.39. The highest BCUT2D eigenvalue weighted by atomic mass is 32.2. The Bertz CT molecular complexity index is 924. The third kappa shape index (κ3) is 3.91. The molecular weight excluding hydrogens is 381 g/mol. The molecule has 2 aliphatic rings. The molecule has 7 nitrogen and oxygen atoms in total. The molecule has 1 fully saturated rings. The lowest BCUT2D eigenvalue weighted by Gasteiger charge is -2.32. The number of thioether (sulfide) groups is 1. The number of amides is 2. The van der Waals surface area contributed by atoms with Gasteiger partial charge in [-0.05, 0) is 30.3 Å². The molecular formula is C19H18FN5O2S. The quantitative estimate of drug-likeness (QED) is 0.732. The van der Waals surface area contributed by atoms with Gasteiger partial charge in [-0.3, -0.25) is 19.9 Å². The number of carbonyl (C=O) groups is 2. The molecule has 0 spiro atoms. The number of benzene rings is 2. The maximum Gasteiger partial charge on any atom is 0.241 e. The van der Waals surface area contributed by atoms with Crippen LogP contribution < -0.4 is 21.1 Å². The van der Waals surface area contributed by atoms with Crippen LogP contribution in [0.4, 0.5) is 15.8 Å². The fourth-order valence-electron chi connectivity index (χ4n) is 3.08. The molecule has 144 valence electrons. The average Bonchev–Trinajstić information content (AvgIpc) is 3.16. The zero-order valence-corrected chi connectivity index (χ0v) is 15.6. The van der Waals surface area contributed by atoms with Gasteiger partial charge in [-0.2, -0.15) is 0 Å². The van der Waals surface area contributed by atoms with Crippen LogP contribution in [0, 0.1) is 11.7 Å². The van der Waals surface area contributed by atoms with E-state index in [1.54, 1.807) is 11.0 Å². The lowest BCUT2D eigenvalue weighted by Crippen LogP contribution is -2.49. The molecule has 0 saturated carbocycles. The fourth-order valence-corrected chi connectivity index (χ4v) is 3.92. The molecule has 0 aliphatic carbocycles. The van der Waals surface area contributed by atoms with Crippen molar-refractivity contribution in [2.75, 3.05) is 22.5 Å². The van der Waals surface area contributed by atoms with Gasteiger partial charge < -0.3 is 5.32 Å². The number of carbonyl (C=O) groups excluding carboxylic acids is 2. The van der Waals surface area contributed by atoms with Crippen LogP contribution in [0.15, 0.2) is 59.6 Å². The van der Waals surface area contributed by atoms with Gasteiger partial charge in [-0.25, -0.2) is 14.8 Å². The zero-order valence-electron chi connectivity index (χ0n) is 14.8. The number of rotatable bonds is 4. The standard InChI is InChI=1S/C19H18FN5O2S/c20-12-5-4-6-13(9-12)22-16(26)11-28-19-23-17-15(10-21-24-17)18(27)25(19)14-7-2-1-3-8-14/h1-9,15,17,21,24H,10-11H2,(H,22,26). The minimum Gasteiger partial charge on any atom is -0.325 e. The van der Waals surface area contributed by atoms with E-state index in [4.69, 9.17) is 0 Å². The van der Waals surface area contributed by atoms with Crippen molar-refractivity contribution in [1.82, 2.24) is 10.9 Å². The first kappa shape index (κ1) is 18.6. The summed E-state index contributed by atoms with van der Waals surface area (Å²) in [4.78, 5) is 31.4. The Hall–Kier alpha value is -2.75. The number of hydrogen-bond acceptors (Lipinski definition) is 6. The molecule has 2 aromatic carbocycles. The Morgan fingerprint density at radius 2 is 2.07 bits per heavy atom. The van der Waals surface area contributed by atoms with Crippen LogP contribution in [0.25, 0.3) is 0 Å². The summed E-state index contributed by atoms with van der Waals surface area (Å²) in [5, 5.41) is 3.10. The number of hydrazine groups is 1. The summed E-state index contributed by atoms with van der Waals surface area (Å²) >= 11 is 1.17. The maximum atomic E-state index is 13.3. The molecule has 0 radical (unpaired) electrons. The van der Waals surface area contributed by atoms with Crippen LogP contribution >= 0.6 is 11.8 Å². The lowest BCUT2D eigenvalue weighted by molar-refractivity contribution is -0.121. The Balaban J connectivity index is 1.50. The summed E-state index contributed by atoms with van der Waals surface area (Å²) < 4.78 is 13.3. The van der Waals surface area contributed by atoms with Gasteiger partial charge in [0.2, 0.25) is 11.8 Å². The Morgan fingerprint density at radius 1 is 1.25 bits per heavy atom. The topological polar surface area (TPSA) is 85.8 Å². The molecule has 28 heavy (non-hydrogen) atoms. The molecule has 2 amide bonds. The largest absolute Gasteiger partial charge is 0.325 e. The van der Waals surface area contributed by atoms with Crippen LogP contribution in [0.3, 0.4) is 0 Å². The molecule has 4 rings (SSSR count). The van der Waals surface area contributed by atoms with E-state index in [-0.39, 0.29) is 29.7 Å². The minimum absolute atomic E-state index is 0.0385. The van der Waals surface area contributed by atoms with Crippen molar-refractivity contribution in [2.45, 2.75) is 6.17 Å². The van der Waals surface area contributed by atoms with Crippen LogP contribution in [0.5, 0.6) is 0 Å². The van der Waals surface area contributed by atoms with Gasteiger partial charge in [0.05, 0.1) is 17.4 Å². The highest BCUT2D eigenvalue weighted by Crippen LogP contribution is 2.29. The summed E-state index contributed by atoms with van der Waals surface area (Å²) in [5.41, 5.74) is 7.03. The van der Waals surface area contributed by atoms with Gasteiger partial charge in [0, 0.05) is 12.2 Å². The molecule has 2 aromatic rings. The van der Waals surface area contributed by atoms with E-state index in [1.165, 1.54) is 30.0 Å². The first-order valence-corrected chi connectivity index (χ1v) is 9.74. The number of halogens is 1. The predicted octanol–water partition coefficient (Wildman–Crippen LogP) is 1.95. The van der Waals surface area contributed by atoms with Gasteiger partial charge in [0.15, 0.2) is 5.17 Å². The number of aliphatic imine (C=N–C) groups is 1. The molecule has 0 bridgehead atoms. The molecule has 9 heteroatoms. The van der Waals surface area contributed by atoms with E-state index >= 15 is 0 Å². The summed E-state index contributed by atoms with van der Waals surface area (Å²) in [6.45, 7) is 0.494. The predicted molar refractivity (Wildman–Crippen MR) is 107 cm³/mol. The summed E-state index contributed by atoms with van der Waals surface area (Å²) in [7, 11) is 0. The molecule has 3 N–H and O–H groups in total. The van der Waals surface area contributed by atoms with Crippen molar-refractivity contribution in [3.63, 3.8) is 0 Å². The van der Waals surface area contributed by atoms with E-state index < -0.39 is 5.82 Å². The second-order valence-electron chi connectivity index (χ2n) is 6.34. The second kappa shape index (κ2) is 8.09. The number of amidine groups is 1. The lowest BCUT2D eigenvalue weighted by atomic mass is 10.1. The van der Waals surface area contributed by atoms with Gasteiger partial charge in [-0.15, -0.1) is 0 Å². The smallest absolute Gasteiger partial charge is 0.241 e. The highest BCUT2D eigenvalue weighted by molar-refractivity contribution is 8.14. The van der Waals surface area contributed by atoms with Crippen LogP contribution in [-0.2, 0) is 9.59 Å². The first-order valence-electron chi connectivity index (χ1n) is 8.75. The molecule has 2 atom stereocenters. The number of nitrogens with one attached hydrogen (secondary N) is 3. The normalized spacial score (nSPS) is 21.2. The van der Waals surface area contributed by atoms with Crippen LogP contribution in [0.2, 0.25) is 0 Å². The maximum absolute atomic E-state index is 13.3. The van der Waals surface area contributed by atoms with Crippen molar-refractivity contribution >= 4 is 40.1 Å². The first-order chi connectivity index (χ1) is 13.6. The summed E-state index contributed by atoms with van der Waals surface area (Å²) in [5.74, 6) is -1.06.